The molecule has 0 atom stereocenters. The van der Waals surface area contributed by atoms with Crippen molar-refractivity contribution in [2.24, 2.45) is 0 Å². The van der Waals surface area contributed by atoms with Crippen LogP contribution in [0, 0.1) is 0 Å². The highest BCUT2D eigenvalue weighted by atomic mass is 35.5. The Morgan fingerprint density at radius 2 is 1.73 bits per heavy atom. The van der Waals surface area contributed by atoms with Crippen LogP contribution in [0.2, 0.25) is 10.0 Å². The summed E-state index contributed by atoms with van der Waals surface area (Å²) in [6, 6.07) is 5.05. The van der Waals surface area contributed by atoms with Crippen molar-refractivity contribution in [1.82, 2.24) is 5.32 Å². The predicted octanol–water partition coefficient (Wildman–Crippen LogP) is 2.31. The summed E-state index contributed by atoms with van der Waals surface area (Å²) in [6.45, 7) is 3.76. The van der Waals surface area contributed by atoms with E-state index in [0.29, 0.717) is 15.6 Å². The van der Waals surface area contributed by atoms with E-state index >= 15 is 0 Å². The molecule has 0 aromatic heterocycles. The largest absolute Gasteiger partial charge is 0.412 e. The van der Waals surface area contributed by atoms with Gasteiger partial charge in [0.1, 0.15) is 0 Å². The van der Waals surface area contributed by atoms with Gasteiger partial charge in [-0.15, -0.1) is 0 Å². The number of hydrogen-bond donors (Lipinski definition) is 1. The van der Waals surface area contributed by atoms with Crippen LogP contribution < -0.4 is 5.32 Å². The second-order valence-corrected chi connectivity index (χ2v) is 4.04. The van der Waals surface area contributed by atoms with Crippen LogP contribution in [0.1, 0.15) is 24.2 Å². The third-order valence-electron chi connectivity index (χ3n) is 1.61. The van der Waals surface area contributed by atoms with Gasteiger partial charge in [0.15, 0.2) is 0 Å². The van der Waals surface area contributed by atoms with Crippen LogP contribution in [-0.2, 0) is 0 Å². The lowest BCUT2D eigenvalue weighted by atomic mass is 10.2. The minimum atomic E-state index is -0.240. The van der Waals surface area contributed by atoms with Gasteiger partial charge in [-0.1, -0.05) is 29.3 Å². The van der Waals surface area contributed by atoms with E-state index in [-0.39, 0.29) is 17.4 Å². The summed E-state index contributed by atoms with van der Waals surface area (Å²) in [5.74, 6) is -0.240. The van der Waals surface area contributed by atoms with Crippen LogP contribution in [0.25, 0.3) is 0 Å². The summed E-state index contributed by atoms with van der Waals surface area (Å²) in [5, 5.41) is 3.47. The van der Waals surface area contributed by atoms with Crippen molar-refractivity contribution in [3.63, 3.8) is 0 Å². The zero-order valence-electron chi connectivity index (χ0n) is 8.47. The quantitative estimate of drug-likeness (QED) is 0.860. The van der Waals surface area contributed by atoms with Gasteiger partial charge in [-0.25, -0.2) is 0 Å². The summed E-state index contributed by atoms with van der Waals surface area (Å²) < 4.78 is 0. The van der Waals surface area contributed by atoms with Crippen LogP contribution >= 0.6 is 23.2 Å². The molecule has 0 aliphatic carbocycles. The molecule has 15 heavy (non-hydrogen) atoms. The third-order valence-corrected chi connectivity index (χ3v) is 2.24. The fraction of sp³-hybridized carbons (Fsp3) is 0.300. The number of carbonyl (C=O) groups excluding carboxylic acids is 1. The molecule has 0 aliphatic rings. The van der Waals surface area contributed by atoms with Crippen molar-refractivity contribution in [2.45, 2.75) is 19.9 Å². The summed E-state index contributed by atoms with van der Waals surface area (Å²) in [6.07, 6.45) is 0. The summed E-state index contributed by atoms with van der Waals surface area (Å²) in [4.78, 5) is 11.6. The Bertz CT molecular complexity index is 333. The highest BCUT2D eigenvalue weighted by Gasteiger charge is 2.14. The van der Waals surface area contributed by atoms with Gasteiger partial charge in [-0.2, -0.15) is 0 Å². The minimum Gasteiger partial charge on any atom is -0.412 e. The first-order chi connectivity index (χ1) is 6.52. The Kier molecular flexibility index (Phi) is 5.65. The minimum absolute atomic E-state index is 0. The maximum absolute atomic E-state index is 11.6. The van der Waals surface area contributed by atoms with Gasteiger partial charge < -0.3 is 10.8 Å². The lowest BCUT2D eigenvalue weighted by molar-refractivity contribution is 0.0943. The molecule has 1 rings (SSSR count). The van der Waals surface area contributed by atoms with E-state index in [2.05, 4.69) is 5.32 Å². The monoisotopic (exact) mass is 249 g/mol. The van der Waals surface area contributed by atoms with E-state index in [9.17, 15) is 4.79 Å². The van der Waals surface area contributed by atoms with E-state index in [4.69, 9.17) is 23.2 Å². The molecule has 0 radical (unpaired) electrons. The molecular formula is C10H13Cl2NO2. The highest BCUT2D eigenvalue weighted by Crippen LogP contribution is 2.23. The molecule has 0 saturated carbocycles. The number of carbonyl (C=O) groups is 1. The lowest BCUT2D eigenvalue weighted by Crippen LogP contribution is -2.30. The molecule has 0 spiro atoms. The Hall–Kier alpha value is -0.770. The lowest BCUT2D eigenvalue weighted by Gasteiger charge is -2.10. The average molecular weight is 250 g/mol. The number of benzene rings is 1. The van der Waals surface area contributed by atoms with Crippen LogP contribution in [0.3, 0.4) is 0 Å². The van der Waals surface area contributed by atoms with Gasteiger partial charge in [0.25, 0.3) is 5.91 Å². The maximum Gasteiger partial charge on any atom is 0.254 e. The van der Waals surface area contributed by atoms with E-state index in [1.165, 1.54) is 0 Å². The molecule has 3 N–H and O–H groups in total. The first-order valence-corrected chi connectivity index (χ1v) is 5.03. The first kappa shape index (κ1) is 14.2. The molecule has 0 bridgehead atoms. The van der Waals surface area contributed by atoms with Gasteiger partial charge in [0.05, 0.1) is 15.6 Å². The molecule has 1 amide bonds. The average Bonchev–Trinajstić information content (AvgIpc) is 2.01. The second kappa shape index (κ2) is 5.95. The van der Waals surface area contributed by atoms with Crippen molar-refractivity contribution >= 4 is 29.1 Å². The van der Waals surface area contributed by atoms with Gasteiger partial charge in [-0.3, -0.25) is 4.79 Å². The normalized spacial score (nSPS) is 9.67. The second-order valence-electron chi connectivity index (χ2n) is 3.22. The standard InChI is InChI=1S/C10H11Cl2NO.H2O/c1-6(2)13-10(14)9-7(11)4-3-5-8(9)12;/h3-6H,1-2H3,(H,13,14);1H2. The fourth-order valence-electron chi connectivity index (χ4n) is 1.05. The van der Waals surface area contributed by atoms with E-state index in [1.807, 2.05) is 13.8 Å². The Morgan fingerprint density at radius 3 is 2.13 bits per heavy atom. The van der Waals surface area contributed by atoms with Crippen molar-refractivity contribution in [1.29, 1.82) is 0 Å². The zero-order valence-corrected chi connectivity index (χ0v) is 9.99. The molecule has 0 fully saturated rings. The summed E-state index contributed by atoms with van der Waals surface area (Å²) >= 11 is 11.7. The SMILES string of the molecule is CC(C)NC(=O)c1c(Cl)cccc1Cl.O. The highest BCUT2D eigenvalue weighted by molar-refractivity contribution is 6.39. The van der Waals surface area contributed by atoms with Crippen LogP contribution in [0.4, 0.5) is 0 Å². The third kappa shape index (κ3) is 3.70. The first-order valence-electron chi connectivity index (χ1n) is 4.27. The molecular weight excluding hydrogens is 237 g/mol. The molecule has 1 aromatic carbocycles. The van der Waals surface area contributed by atoms with Crippen molar-refractivity contribution in [2.75, 3.05) is 0 Å². The number of nitrogens with one attached hydrogen (secondary N) is 1. The molecule has 0 heterocycles. The number of amides is 1. The fourth-order valence-corrected chi connectivity index (χ4v) is 1.62. The summed E-state index contributed by atoms with van der Waals surface area (Å²) in [5.41, 5.74) is 0.338. The molecule has 0 aliphatic heterocycles. The Labute approximate surface area is 98.7 Å². The molecule has 1 aromatic rings. The zero-order chi connectivity index (χ0) is 10.7. The Balaban J connectivity index is 0.00000196. The van der Waals surface area contributed by atoms with Crippen LogP contribution in [0.15, 0.2) is 18.2 Å². The van der Waals surface area contributed by atoms with Crippen molar-refractivity contribution in [3.8, 4) is 0 Å². The van der Waals surface area contributed by atoms with Crippen molar-refractivity contribution in [3.05, 3.63) is 33.8 Å². The molecule has 0 unspecified atom stereocenters. The number of halogens is 2. The maximum atomic E-state index is 11.6. The van der Waals surface area contributed by atoms with E-state index in [1.54, 1.807) is 18.2 Å². The van der Waals surface area contributed by atoms with Gasteiger partial charge >= 0.3 is 0 Å². The van der Waals surface area contributed by atoms with Gasteiger partial charge in [-0.05, 0) is 26.0 Å². The van der Waals surface area contributed by atoms with Crippen molar-refractivity contribution < 1.29 is 10.3 Å². The molecule has 5 heteroatoms. The van der Waals surface area contributed by atoms with Gasteiger partial charge in [0, 0.05) is 6.04 Å². The number of hydrogen-bond acceptors (Lipinski definition) is 1. The Morgan fingerprint density at radius 1 is 1.27 bits per heavy atom. The molecule has 3 nitrogen and oxygen atoms in total. The van der Waals surface area contributed by atoms with E-state index < -0.39 is 0 Å². The molecule has 84 valence electrons. The topological polar surface area (TPSA) is 60.6 Å². The molecule has 0 saturated heterocycles. The predicted molar refractivity (Wildman–Crippen MR) is 62.7 cm³/mol. The van der Waals surface area contributed by atoms with E-state index in [0.717, 1.165) is 0 Å². The van der Waals surface area contributed by atoms with Crippen LogP contribution in [-0.4, -0.2) is 17.4 Å². The summed E-state index contributed by atoms with van der Waals surface area (Å²) in [7, 11) is 0. The van der Waals surface area contributed by atoms with Crippen LogP contribution in [0.5, 0.6) is 0 Å². The smallest absolute Gasteiger partial charge is 0.254 e. The number of rotatable bonds is 2. The van der Waals surface area contributed by atoms with Gasteiger partial charge in [0.2, 0.25) is 0 Å².